The molecule has 0 aliphatic heterocycles. The summed E-state index contributed by atoms with van der Waals surface area (Å²) in [5.41, 5.74) is 8.65. The molecule has 2 atom stereocenters. The van der Waals surface area contributed by atoms with Crippen LogP contribution in [-0.2, 0) is 16.0 Å². The van der Waals surface area contributed by atoms with E-state index in [1.165, 1.54) is 0 Å². The van der Waals surface area contributed by atoms with Crippen LogP contribution in [0.3, 0.4) is 0 Å². The standard InChI is InChI=1S/C26H28N4O3/c1-18-9-8-12-20(15-18)22(30-26(27)33)17-24(31)29-23(16-19-10-4-2-5-11-19)25(32)28-21-13-6-3-7-14-21/h2-15,22-23H,16-17H2,1H3,(H,28,32)(H,29,31)(H3,27,30,33). The lowest BCUT2D eigenvalue weighted by Crippen LogP contribution is -2.46. The van der Waals surface area contributed by atoms with Crippen LogP contribution in [0.25, 0.3) is 0 Å². The Balaban J connectivity index is 1.75. The van der Waals surface area contributed by atoms with E-state index in [9.17, 15) is 14.4 Å². The average Bonchev–Trinajstić information content (AvgIpc) is 2.79. The highest BCUT2D eigenvalue weighted by Crippen LogP contribution is 2.18. The lowest BCUT2D eigenvalue weighted by Gasteiger charge is -2.22. The van der Waals surface area contributed by atoms with Gasteiger partial charge in [-0.1, -0.05) is 78.4 Å². The summed E-state index contributed by atoms with van der Waals surface area (Å²) >= 11 is 0. The van der Waals surface area contributed by atoms with Crippen LogP contribution >= 0.6 is 0 Å². The SMILES string of the molecule is Cc1cccc(C(CC(=O)NC(Cc2ccccc2)C(=O)Nc2ccccc2)NC(N)=O)c1. The van der Waals surface area contributed by atoms with Crippen molar-refractivity contribution >= 4 is 23.5 Å². The molecule has 33 heavy (non-hydrogen) atoms. The van der Waals surface area contributed by atoms with Crippen molar-refractivity contribution in [3.05, 3.63) is 102 Å². The summed E-state index contributed by atoms with van der Waals surface area (Å²) in [6, 6.07) is 23.9. The minimum absolute atomic E-state index is 0.0592. The number of nitrogens with two attached hydrogens (primary N) is 1. The van der Waals surface area contributed by atoms with Crippen molar-refractivity contribution in [3.63, 3.8) is 0 Å². The maximum atomic E-state index is 13.0. The average molecular weight is 445 g/mol. The molecule has 3 aromatic rings. The van der Waals surface area contributed by atoms with Crippen LogP contribution in [0.2, 0.25) is 0 Å². The molecule has 0 radical (unpaired) electrons. The molecule has 0 bridgehead atoms. The molecule has 5 N–H and O–H groups in total. The second-order valence-corrected chi connectivity index (χ2v) is 7.84. The fourth-order valence-electron chi connectivity index (χ4n) is 3.56. The van der Waals surface area contributed by atoms with Gasteiger partial charge in [0.05, 0.1) is 12.5 Å². The molecule has 170 valence electrons. The molecule has 0 aromatic heterocycles. The van der Waals surface area contributed by atoms with Gasteiger partial charge in [-0.05, 0) is 30.2 Å². The van der Waals surface area contributed by atoms with Gasteiger partial charge >= 0.3 is 6.03 Å². The van der Waals surface area contributed by atoms with E-state index in [1.54, 1.807) is 12.1 Å². The van der Waals surface area contributed by atoms with Crippen LogP contribution in [0.15, 0.2) is 84.9 Å². The van der Waals surface area contributed by atoms with Gasteiger partial charge in [-0.25, -0.2) is 4.79 Å². The van der Waals surface area contributed by atoms with E-state index in [0.717, 1.165) is 16.7 Å². The summed E-state index contributed by atoms with van der Waals surface area (Å²) in [6.45, 7) is 1.93. The molecule has 0 heterocycles. The second kappa shape index (κ2) is 11.5. The molecule has 4 amide bonds. The maximum Gasteiger partial charge on any atom is 0.312 e. The number of carbonyl (C=O) groups excluding carboxylic acids is 3. The van der Waals surface area contributed by atoms with E-state index in [1.807, 2.05) is 79.7 Å². The third-order valence-electron chi connectivity index (χ3n) is 5.13. The summed E-state index contributed by atoms with van der Waals surface area (Å²) in [5.74, 6) is -0.701. The third-order valence-corrected chi connectivity index (χ3v) is 5.13. The van der Waals surface area contributed by atoms with Crippen molar-refractivity contribution in [2.45, 2.75) is 31.8 Å². The molecule has 0 aliphatic carbocycles. The fraction of sp³-hybridized carbons (Fsp3) is 0.192. The van der Waals surface area contributed by atoms with E-state index in [-0.39, 0.29) is 18.2 Å². The zero-order valence-corrected chi connectivity index (χ0v) is 18.5. The normalized spacial score (nSPS) is 12.3. The van der Waals surface area contributed by atoms with Crippen LogP contribution in [0.5, 0.6) is 0 Å². The first kappa shape index (κ1) is 23.5. The summed E-state index contributed by atoms with van der Waals surface area (Å²) in [4.78, 5) is 37.5. The van der Waals surface area contributed by atoms with Gasteiger partial charge in [0.25, 0.3) is 0 Å². The number of primary amides is 1. The molecule has 0 fully saturated rings. The number of rotatable bonds is 9. The zero-order chi connectivity index (χ0) is 23.6. The van der Waals surface area contributed by atoms with Crippen molar-refractivity contribution in [2.24, 2.45) is 5.73 Å². The summed E-state index contributed by atoms with van der Waals surface area (Å²) in [5, 5.41) is 8.30. The molecule has 2 unspecified atom stereocenters. The Morgan fingerprint density at radius 3 is 2.15 bits per heavy atom. The smallest absolute Gasteiger partial charge is 0.312 e. The van der Waals surface area contributed by atoms with Gasteiger partial charge in [-0.2, -0.15) is 0 Å². The highest BCUT2D eigenvalue weighted by Gasteiger charge is 2.24. The minimum Gasteiger partial charge on any atom is -0.352 e. The molecule has 7 heteroatoms. The number of urea groups is 1. The van der Waals surface area contributed by atoms with E-state index < -0.39 is 18.1 Å². The van der Waals surface area contributed by atoms with Crippen molar-refractivity contribution in [2.75, 3.05) is 5.32 Å². The van der Waals surface area contributed by atoms with Crippen LogP contribution in [0, 0.1) is 6.92 Å². The number of hydrogen-bond donors (Lipinski definition) is 4. The quantitative estimate of drug-likeness (QED) is 0.405. The first-order chi connectivity index (χ1) is 15.9. The number of aryl methyl sites for hydroxylation is 1. The number of carbonyl (C=O) groups is 3. The Hall–Kier alpha value is -4.13. The monoisotopic (exact) mass is 444 g/mol. The van der Waals surface area contributed by atoms with E-state index in [4.69, 9.17) is 5.73 Å². The lowest BCUT2D eigenvalue weighted by atomic mass is 10.0. The van der Waals surface area contributed by atoms with Gasteiger partial charge in [0.2, 0.25) is 11.8 Å². The van der Waals surface area contributed by atoms with Gasteiger partial charge < -0.3 is 21.7 Å². The number of nitrogens with one attached hydrogen (secondary N) is 3. The Morgan fingerprint density at radius 2 is 1.52 bits per heavy atom. The topological polar surface area (TPSA) is 113 Å². The largest absolute Gasteiger partial charge is 0.352 e. The van der Waals surface area contributed by atoms with Crippen molar-refractivity contribution in [3.8, 4) is 0 Å². The molecule has 3 aromatic carbocycles. The first-order valence-corrected chi connectivity index (χ1v) is 10.7. The third kappa shape index (κ3) is 7.50. The molecule has 3 rings (SSSR count). The molecule has 0 aliphatic rings. The van der Waals surface area contributed by atoms with Crippen molar-refractivity contribution < 1.29 is 14.4 Å². The number of amides is 4. The molecular formula is C26H28N4O3. The fourth-order valence-corrected chi connectivity index (χ4v) is 3.56. The Bertz CT molecular complexity index is 1090. The van der Waals surface area contributed by atoms with Gasteiger partial charge in [-0.15, -0.1) is 0 Å². The molecule has 0 spiro atoms. The van der Waals surface area contributed by atoms with E-state index >= 15 is 0 Å². The minimum atomic E-state index is -0.799. The number of anilines is 1. The Morgan fingerprint density at radius 1 is 0.848 bits per heavy atom. The van der Waals surface area contributed by atoms with E-state index in [0.29, 0.717) is 12.1 Å². The predicted octanol–water partition coefficient (Wildman–Crippen LogP) is 3.46. The van der Waals surface area contributed by atoms with Gasteiger partial charge in [-0.3, -0.25) is 9.59 Å². The lowest BCUT2D eigenvalue weighted by molar-refractivity contribution is -0.126. The molecule has 0 saturated heterocycles. The highest BCUT2D eigenvalue weighted by atomic mass is 16.2. The number of para-hydroxylation sites is 1. The second-order valence-electron chi connectivity index (χ2n) is 7.84. The van der Waals surface area contributed by atoms with Gasteiger partial charge in [0, 0.05) is 12.1 Å². The van der Waals surface area contributed by atoms with Crippen molar-refractivity contribution in [1.29, 1.82) is 0 Å². The molecular weight excluding hydrogens is 416 g/mol. The van der Waals surface area contributed by atoms with Gasteiger partial charge in [0.15, 0.2) is 0 Å². The van der Waals surface area contributed by atoms with Crippen LogP contribution in [0.4, 0.5) is 10.5 Å². The number of hydrogen-bond acceptors (Lipinski definition) is 3. The van der Waals surface area contributed by atoms with Gasteiger partial charge in [0.1, 0.15) is 6.04 Å². The van der Waals surface area contributed by atoms with Crippen LogP contribution in [0.1, 0.15) is 29.2 Å². The zero-order valence-electron chi connectivity index (χ0n) is 18.5. The molecule has 7 nitrogen and oxygen atoms in total. The Labute approximate surface area is 193 Å². The Kier molecular flexibility index (Phi) is 8.18. The predicted molar refractivity (Wildman–Crippen MR) is 128 cm³/mol. The summed E-state index contributed by atoms with van der Waals surface area (Å²) in [7, 11) is 0. The summed E-state index contributed by atoms with van der Waals surface area (Å²) in [6.07, 6.45) is 0.264. The number of benzene rings is 3. The first-order valence-electron chi connectivity index (χ1n) is 10.7. The highest BCUT2D eigenvalue weighted by molar-refractivity contribution is 5.97. The van der Waals surface area contributed by atoms with Crippen LogP contribution < -0.4 is 21.7 Å². The summed E-state index contributed by atoms with van der Waals surface area (Å²) < 4.78 is 0. The maximum absolute atomic E-state index is 13.0. The van der Waals surface area contributed by atoms with Crippen molar-refractivity contribution in [1.82, 2.24) is 10.6 Å². The van der Waals surface area contributed by atoms with E-state index in [2.05, 4.69) is 16.0 Å². The van der Waals surface area contributed by atoms with Crippen LogP contribution in [-0.4, -0.2) is 23.9 Å². The molecule has 0 saturated carbocycles.